The Morgan fingerprint density at radius 3 is 2.83 bits per heavy atom. The van der Waals surface area contributed by atoms with E-state index in [1.807, 2.05) is 42.6 Å². The van der Waals surface area contributed by atoms with Crippen molar-refractivity contribution in [3.05, 3.63) is 82.0 Å². The van der Waals surface area contributed by atoms with E-state index in [0.717, 1.165) is 22.0 Å². The van der Waals surface area contributed by atoms with Crippen LogP contribution < -0.4 is 5.32 Å². The number of carbonyl (C=O) groups excluding carboxylic acids is 1. The summed E-state index contributed by atoms with van der Waals surface area (Å²) in [5, 5.41) is 17.8. The number of hydrogen-bond donors (Lipinski definition) is 2. The molecule has 9 heteroatoms. The van der Waals surface area contributed by atoms with Crippen molar-refractivity contribution >= 4 is 40.0 Å². The van der Waals surface area contributed by atoms with E-state index in [1.54, 1.807) is 12.1 Å². The Balaban J connectivity index is 1.60. The van der Waals surface area contributed by atoms with E-state index < -0.39 is 0 Å². The van der Waals surface area contributed by atoms with Gasteiger partial charge in [-0.2, -0.15) is 5.26 Å². The number of nitrogens with one attached hydrogen (secondary N) is 2. The van der Waals surface area contributed by atoms with Gasteiger partial charge in [0.25, 0.3) is 5.82 Å². The van der Waals surface area contributed by atoms with Crippen molar-refractivity contribution in [3.8, 4) is 6.07 Å². The average Bonchev–Trinajstić information content (AvgIpc) is 3.36. The molecule has 1 unspecified atom stereocenters. The highest BCUT2D eigenvalue weighted by atomic mass is 35.5. The van der Waals surface area contributed by atoms with Gasteiger partial charge >= 0.3 is 0 Å². The maximum Gasteiger partial charge on any atom is 0.252 e. The molecule has 4 aromatic rings. The minimum absolute atomic E-state index is 0.0208. The number of nitriles is 1. The van der Waals surface area contributed by atoms with Gasteiger partial charge in [0.05, 0.1) is 0 Å². The zero-order valence-electron chi connectivity index (χ0n) is 15.6. The van der Waals surface area contributed by atoms with E-state index in [9.17, 15) is 4.79 Å². The van der Waals surface area contributed by atoms with Crippen molar-refractivity contribution in [2.75, 3.05) is 6.54 Å². The van der Waals surface area contributed by atoms with Crippen LogP contribution in [0, 0.1) is 11.3 Å². The predicted molar refractivity (Wildman–Crippen MR) is 114 cm³/mol. The lowest BCUT2D eigenvalue weighted by Crippen LogP contribution is -2.32. The van der Waals surface area contributed by atoms with Crippen LogP contribution in [-0.2, 0) is 11.3 Å². The monoisotopic (exact) mass is 438 g/mol. The van der Waals surface area contributed by atoms with E-state index in [-0.39, 0.29) is 24.2 Å². The third-order valence-electron chi connectivity index (χ3n) is 4.78. The van der Waals surface area contributed by atoms with Crippen LogP contribution in [-0.4, -0.2) is 32.2 Å². The molecule has 150 valence electrons. The van der Waals surface area contributed by atoms with Crippen LogP contribution >= 0.6 is 23.2 Å². The largest absolute Gasteiger partial charge is 0.361 e. The highest BCUT2D eigenvalue weighted by Gasteiger charge is 2.21. The molecule has 0 aliphatic rings. The van der Waals surface area contributed by atoms with Crippen molar-refractivity contribution < 1.29 is 4.79 Å². The van der Waals surface area contributed by atoms with Gasteiger partial charge in [-0.15, -0.1) is 5.10 Å². The Bertz CT molecular complexity index is 1260. The summed E-state index contributed by atoms with van der Waals surface area (Å²) < 4.78 is 1.32. The molecule has 0 spiro atoms. The van der Waals surface area contributed by atoms with E-state index in [0.29, 0.717) is 16.6 Å². The smallest absolute Gasteiger partial charge is 0.252 e. The number of hydrogen-bond acceptors (Lipinski definition) is 4. The fourth-order valence-electron chi connectivity index (χ4n) is 3.39. The fraction of sp³-hybridized carbons (Fsp3) is 0.143. The lowest BCUT2D eigenvalue weighted by Gasteiger charge is -2.19. The first-order valence-corrected chi connectivity index (χ1v) is 9.88. The summed E-state index contributed by atoms with van der Waals surface area (Å²) in [7, 11) is 0. The van der Waals surface area contributed by atoms with Gasteiger partial charge in [-0.1, -0.05) is 47.5 Å². The number of amides is 1. The van der Waals surface area contributed by atoms with Gasteiger partial charge in [0.15, 0.2) is 0 Å². The predicted octanol–water partition coefficient (Wildman–Crippen LogP) is 3.89. The molecule has 0 saturated heterocycles. The second kappa shape index (κ2) is 8.57. The minimum Gasteiger partial charge on any atom is -0.361 e. The first kappa shape index (κ1) is 20.0. The third-order valence-corrected chi connectivity index (χ3v) is 5.34. The van der Waals surface area contributed by atoms with Gasteiger partial charge in [-0.3, -0.25) is 4.79 Å². The number of para-hydroxylation sites is 1. The van der Waals surface area contributed by atoms with Gasteiger partial charge in [-0.25, -0.2) is 9.67 Å². The first-order chi connectivity index (χ1) is 14.5. The highest BCUT2D eigenvalue weighted by molar-refractivity contribution is 6.35. The summed E-state index contributed by atoms with van der Waals surface area (Å²) in [5.74, 6) is -0.424. The number of benzene rings is 2. The van der Waals surface area contributed by atoms with Gasteiger partial charge < -0.3 is 10.3 Å². The number of fused-ring (bicyclic) bond motifs is 1. The number of rotatable bonds is 6. The molecule has 2 heterocycles. The SMILES string of the molecule is N#Cc1ncn(CC(=O)NCC(c2ccc(Cl)cc2Cl)c2c[nH]c3ccccc23)n1. The van der Waals surface area contributed by atoms with Gasteiger partial charge in [-0.05, 0) is 29.3 Å². The molecule has 0 radical (unpaired) electrons. The molecule has 0 aliphatic heterocycles. The molecule has 1 atom stereocenters. The van der Waals surface area contributed by atoms with E-state index >= 15 is 0 Å². The van der Waals surface area contributed by atoms with Crippen LogP contribution in [0.1, 0.15) is 22.9 Å². The zero-order chi connectivity index (χ0) is 21.1. The summed E-state index contributed by atoms with van der Waals surface area (Å²) in [4.78, 5) is 19.5. The molecule has 0 aliphatic carbocycles. The van der Waals surface area contributed by atoms with Gasteiger partial charge in [0.2, 0.25) is 5.91 Å². The molecule has 0 bridgehead atoms. The van der Waals surface area contributed by atoms with Crippen LogP contribution in [0.15, 0.2) is 55.0 Å². The molecule has 1 amide bonds. The summed E-state index contributed by atoms with van der Waals surface area (Å²) in [6.07, 6.45) is 3.29. The maximum absolute atomic E-state index is 12.5. The topological polar surface area (TPSA) is 99.4 Å². The third kappa shape index (κ3) is 4.15. The van der Waals surface area contributed by atoms with Gasteiger partial charge in [0, 0.05) is 39.6 Å². The van der Waals surface area contributed by atoms with Crippen LogP contribution in [0.4, 0.5) is 0 Å². The summed E-state index contributed by atoms with van der Waals surface area (Å²) in [6, 6.07) is 15.1. The first-order valence-electron chi connectivity index (χ1n) is 9.12. The van der Waals surface area contributed by atoms with Crippen LogP contribution in [0.25, 0.3) is 10.9 Å². The average molecular weight is 439 g/mol. The normalized spacial score (nSPS) is 11.9. The number of halogens is 2. The molecular formula is C21H16Cl2N6O. The Morgan fingerprint density at radius 2 is 2.07 bits per heavy atom. The molecule has 0 fully saturated rings. The number of H-pyrrole nitrogens is 1. The Kier molecular flexibility index (Phi) is 5.70. The maximum atomic E-state index is 12.5. The highest BCUT2D eigenvalue weighted by Crippen LogP contribution is 2.35. The Hall–Kier alpha value is -3.34. The Morgan fingerprint density at radius 1 is 1.23 bits per heavy atom. The summed E-state index contributed by atoms with van der Waals surface area (Å²) in [6.45, 7) is 0.283. The number of aromatic amines is 1. The molecule has 2 aromatic carbocycles. The van der Waals surface area contributed by atoms with Gasteiger partial charge in [0.1, 0.15) is 18.9 Å². The zero-order valence-corrected chi connectivity index (χ0v) is 17.2. The fourth-order valence-corrected chi connectivity index (χ4v) is 3.93. The van der Waals surface area contributed by atoms with E-state index in [4.69, 9.17) is 28.5 Å². The Labute approximate surface area is 182 Å². The second-order valence-corrected chi connectivity index (χ2v) is 7.53. The van der Waals surface area contributed by atoms with Crippen molar-refractivity contribution in [2.24, 2.45) is 0 Å². The van der Waals surface area contributed by atoms with Crippen molar-refractivity contribution in [1.82, 2.24) is 25.1 Å². The second-order valence-electron chi connectivity index (χ2n) is 6.69. The number of nitrogens with zero attached hydrogens (tertiary/aromatic N) is 4. The number of carbonyl (C=O) groups is 1. The minimum atomic E-state index is -0.251. The van der Waals surface area contributed by atoms with Crippen LogP contribution in [0.3, 0.4) is 0 Å². The molecular weight excluding hydrogens is 423 g/mol. The van der Waals surface area contributed by atoms with Crippen LogP contribution in [0.2, 0.25) is 10.0 Å². The molecule has 7 nitrogen and oxygen atoms in total. The van der Waals surface area contributed by atoms with E-state index in [1.165, 1.54) is 11.0 Å². The number of aromatic nitrogens is 4. The van der Waals surface area contributed by atoms with E-state index in [2.05, 4.69) is 20.4 Å². The van der Waals surface area contributed by atoms with Crippen molar-refractivity contribution in [2.45, 2.75) is 12.5 Å². The quantitative estimate of drug-likeness (QED) is 0.476. The molecule has 30 heavy (non-hydrogen) atoms. The molecule has 0 saturated carbocycles. The standard InChI is InChI=1S/C21H16Cl2N6O/c22-13-5-6-14(18(23)7-13)16(17-9-25-19-4-2-1-3-15(17)19)10-26-21(30)11-29-12-27-20(8-24)28-29/h1-7,9,12,16,25H,10-11H2,(H,26,30). The molecule has 2 N–H and O–H groups in total. The summed E-state index contributed by atoms with van der Waals surface area (Å²) >= 11 is 12.6. The van der Waals surface area contributed by atoms with Crippen molar-refractivity contribution in [1.29, 1.82) is 5.26 Å². The lowest BCUT2D eigenvalue weighted by molar-refractivity contribution is -0.121. The lowest BCUT2D eigenvalue weighted by atomic mass is 9.90. The summed E-state index contributed by atoms with van der Waals surface area (Å²) in [5.41, 5.74) is 2.88. The molecule has 4 rings (SSSR count). The van der Waals surface area contributed by atoms with Crippen LogP contribution in [0.5, 0.6) is 0 Å². The molecule has 2 aromatic heterocycles. The van der Waals surface area contributed by atoms with Crippen molar-refractivity contribution in [3.63, 3.8) is 0 Å².